The van der Waals surface area contributed by atoms with Crippen LogP contribution in [0.5, 0.6) is 17.2 Å². The summed E-state index contributed by atoms with van der Waals surface area (Å²) in [5, 5.41) is 14.2. The van der Waals surface area contributed by atoms with Crippen LogP contribution in [0.2, 0.25) is 0 Å². The van der Waals surface area contributed by atoms with Crippen molar-refractivity contribution in [3.05, 3.63) is 63.7 Å². The molecule has 0 radical (unpaired) electrons. The lowest BCUT2D eigenvalue weighted by Crippen LogP contribution is -2.30. The topological polar surface area (TPSA) is 126 Å². The number of nitrogens with zero attached hydrogens (tertiary/aromatic N) is 1. The average Bonchev–Trinajstić information content (AvgIpc) is 2.80. The lowest BCUT2D eigenvalue weighted by Gasteiger charge is -2.18. The first-order valence-corrected chi connectivity index (χ1v) is 10.4. The molecule has 0 bridgehead atoms. The van der Waals surface area contributed by atoms with Gasteiger partial charge in [0.1, 0.15) is 0 Å². The van der Waals surface area contributed by atoms with Gasteiger partial charge in [-0.3, -0.25) is 19.7 Å². The number of nitrogens with one attached hydrogen (secondary N) is 1. The fourth-order valence-corrected chi connectivity index (χ4v) is 3.25. The third kappa shape index (κ3) is 6.96. The number of nitro groups is 1. The van der Waals surface area contributed by atoms with Crippen LogP contribution in [-0.4, -0.2) is 44.2 Å². The van der Waals surface area contributed by atoms with Gasteiger partial charge in [0.2, 0.25) is 11.7 Å². The van der Waals surface area contributed by atoms with Gasteiger partial charge in [-0.2, -0.15) is 0 Å². The molecule has 2 aromatic carbocycles. The van der Waals surface area contributed by atoms with Crippen molar-refractivity contribution >= 4 is 23.6 Å². The summed E-state index contributed by atoms with van der Waals surface area (Å²) in [6, 6.07) is 8.26. The highest BCUT2D eigenvalue weighted by atomic mass is 16.6. The predicted octanol–water partition coefficient (Wildman–Crippen LogP) is 3.83. The SMILES string of the molecule is COc1cc(/C=C/C(=O)NC(CC(=O)OC(C)C)c2ccccc2[N+](=O)[O-])cc(OC)c1OC. The smallest absolute Gasteiger partial charge is 0.308 e. The fourth-order valence-electron chi connectivity index (χ4n) is 3.25. The van der Waals surface area contributed by atoms with E-state index in [0.717, 1.165) is 0 Å². The third-order valence-electron chi connectivity index (χ3n) is 4.68. The van der Waals surface area contributed by atoms with Crippen LogP contribution in [0.4, 0.5) is 5.69 Å². The summed E-state index contributed by atoms with van der Waals surface area (Å²) in [4.78, 5) is 35.9. The van der Waals surface area contributed by atoms with E-state index in [9.17, 15) is 19.7 Å². The Balaban J connectivity index is 2.31. The molecule has 2 aromatic rings. The number of carbonyl (C=O) groups excluding carboxylic acids is 2. The molecule has 0 aliphatic rings. The van der Waals surface area contributed by atoms with Gasteiger partial charge < -0.3 is 24.3 Å². The van der Waals surface area contributed by atoms with Gasteiger partial charge in [0, 0.05) is 12.1 Å². The Hall–Kier alpha value is -4.08. The Labute approximate surface area is 197 Å². The van der Waals surface area contributed by atoms with Gasteiger partial charge in [0.05, 0.1) is 50.4 Å². The van der Waals surface area contributed by atoms with Crippen LogP contribution in [0.15, 0.2) is 42.5 Å². The van der Waals surface area contributed by atoms with Gasteiger partial charge in [-0.1, -0.05) is 18.2 Å². The predicted molar refractivity (Wildman–Crippen MR) is 125 cm³/mol. The average molecular weight is 472 g/mol. The number of rotatable bonds is 11. The Kier molecular flexibility index (Phi) is 9.42. The number of carbonyl (C=O) groups is 2. The van der Waals surface area contributed by atoms with Crippen LogP contribution < -0.4 is 19.5 Å². The van der Waals surface area contributed by atoms with Gasteiger partial charge in [0.25, 0.3) is 5.69 Å². The molecule has 0 aromatic heterocycles. The molecule has 0 aliphatic heterocycles. The molecule has 1 N–H and O–H groups in total. The fraction of sp³-hybridized carbons (Fsp3) is 0.333. The van der Waals surface area contributed by atoms with E-state index in [2.05, 4.69) is 5.32 Å². The van der Waals surface area contributed by atoms with E-state index >= 15 is 0 Å². The zero-order chi connectivity index (χ0) is 25.3. The highest BCUT2D eigenvalue weighted by Crippen LogP contribution is 2.38. The summed E-state index contributed by atoms with van der Waals surface area (Å²) in [5.74, 6) is 0.0836. The number of hydrogen-bond donors (Lipinski definition) is 1. The normalized spacial score (nSPS) is 11.7. The van der Waals surface area contributed by atoms with Gasteiger partial charge in [-0.05, 0) is 37.6 Å². The first-order valence-electron chi connectivity index (χ1n) is 10.4. The monoisotopic (exact) mass is 472 g/mol. The lowest BCUT2D eigenvalue weighted by atomic mass is 10.0. The molecule has 0 saturated carbocycles. The van der Waals surface area contributed by atoms with Crippen molar-refractivity contribution in [3.63, 3.8) is 0 Å². The van der Waals surface area contributed by atoms with Crippen molar-refractivity contribution < 1.29 is 33.5 Å². The highest BCUT2D eigenvalue weighted by Gasteiger charge is 2.26. The van der Waals surface area contributed by atoms with Crippen molar-refractivity contribution in [1.29, 1.82) is 0 Å². The Morgan fingerprint density at radius 1 is 1.06 bits per heavy atom. The van der Waals surface area contributed by atoms with Crippen LogP contribution in [0, 0.1) is 10.1 Å². The van der Waals surface area contributed by atoms with Gasteiger partial charge >= 0.3 is 5.97 Å². The van der Waals surface area contributed by atoms with E-state index in [0.29, 0.717) is 22.8 Å². The van der Waals surface area contributed by atoms with Crippen molar-refractivity contribution in [3.8, 4) is 17.2 Å². The van der Waals surface area contributed by atoms with Crippen molar-refractivity contribution in [2.75, 3.05) is 21.3 Å². The standard InChI is InChI=1S/C24H28N2O8/c1-15(2)34-23(28)14-18(17-8-6-7-9-19(17)26(29)30)25-22(27)11-10-16-12-20(31-3)24(33-5)21(13-16)32-4/h6-13,15,18H,14H2,1-5H3,(H,25,27)/b11-10+. The number of methoxy groups -OCH3 is 3. The van der Waals surface area contributed by atoms with E-state index in [1.54, 1.807) is 32.0 Å². The van der Waals surface area contributed by atoms with E-state index in [1.807, 2.05) is 0 Å². The molecule has 0 spiro atoms. The van der Waals surface area contributed by atoms with Gasteiger partial charge in [-0.25, -0.2) is 0 Å². The molecule has 1 amide bonds. The molecule has 2 rings (SSSR count). The highest BCUT2D eigenvalue weighted by molar-refractivity contribution is 5.92. The molecule has 182 valence electrons. The molecular formula is C24H28N2O8. The maximum absolute atomic E-state index is 12.7. The second-order valence-electron chi connectivity index (χ2n) is 7.41. The van der Waals surface area contributed by atoms with Crippen molar-refractivity contribution in [2.45, 2.75) is 32.4 Å². The summed E-state index contributed by atoms with van der Waals surface area (Å²) >= 11 is 0. The number of ether oxygens (including phenoxy) is 4. The molecule has 10 heteroatoms. The molecule has 10 nitrogen and oxygen atoms in total. The number of amides is 1. The van der Waals surface area contributed by atoms with E-state index in [-0.39, 0.29) is 23.8 Å². The number of para-hydroxylation sites is 1. The largest absolute Gasteiger partial charge is 0.493 e. The second-order valence-corrected chi connectivity index (χ2v) is 7.41. The summed E-state index contributed by atoms with van der Waals surface area (Å²) in [5.41, 5.74) is 0.576. The van der Waals surface area contributed by atoms with Gasteiger partial charge in [0.15, 0.2) is 11.5 Å². The Morgan fingerprint density at radius 2 is 1.68 bits per heavy atom. The number of hydrogen-bond acceptors (Lipinski definition) is 8. The first-order chi connectivity index (χ1) is 16.2. The lowest BCUT2D eigenvalue weighted by molar-refractivity contribution is -0.385. The summed E-state index contributed by atoms with van der Waals surface area (Å²) in [6.45, 7) is 3.38. The number of benzene rings is 2. The van der Waals surface area contributed by atoms with Crippen LogP contribution in [-0.2, 0) is 14.3 Å². The summed E-state index contributed by atoms with van der Waals surface area (Å²) in [6.07, 6.45) is 2.13. The Morgan fingerprint density at radius 3 is 2.21 bits per heavy atom. The van der Waals surface area contributed by atoms with Crippen LogP contribution in [0.1, 0.15) is 37.4 Å². The molecular weight excluding hydrogens is 444 g/mol. The zero-order valence-electron chi connectivity index (χ0n) is 19.7. The second kappa shape index (κ2) is 12.2. The van der Waals surface area contributed by atoms with Crippen LogP contribution in [0.25, 0.3) is 6.08 Å². The van der Waals surface area contributed by atoms with Gasteiger partial charge in [-0.15, -0.1) is 0 Å². The quantitative estimate of drug-likeness (QED) is 0.226. The molecule has 1 atom stereocenters. The first kappa shape index (κ1) is 26.2. The number of esters is 1. The zero-order valence-corrected chi connectivity index (χ0v) is 19.7. The minimum atomic E-state index is -0.968. The van der Waals surface area contributed by atoms with Crippen molar-refractivity contribution in [2.24, 2.45) is 0 Å². The number of nitro benzene ring substituents is 1. The molecule has 0 fully saturated rings. The maximum Gasteiger partial charge on any atom is 0.308 e. The minimum Gasteiger partial charge on any atom is -0.493 e. The molecule has 34 heavy (non-hydrogen) atoms. The molecule has 0 saturated heterocycles. The minimum absolute atomic E-state index is 0.197. The van der Waals surface area contributed by atoms with Crippen molar-refractivity contribution in [1.82, 2.24) is 5.32 Å². The Bertz CT molecular complexity index is 1040. The van der Waals surface area contributed by atoms with E-state index in [1.165, 1.54) is 51.7 Å². The van der Waals surface area contributed by atoms with E-state index < -0.39 is 22.8 Å². The van der Waals surface area contributed by atoms with Crippen LogP contribution >= 0.6 is 0 Å². The van der Waals surface area contributed by atoms with Crippen LogP contribution in [0.3, 0.4) is 0 Å². The molecule has 0 heterocycles. The summed E-state index contributed by atoms with van der Waals surface area (Å²) < 4.78 is 21.1. The summed E-state index contributed by atoms with van der Waals surface area (Å²) in [7, 11) is 4.44. The third-order valence-corrected chi connectivity index (χ3v) is 4.68. The molecule has 0 aliphatic carbocycles. The molecule has 1 unspecified atom stereocenters. The van der Waals surface area contributed by atoms with E-state index in [4.69, 9.17) is 18.9 Å². The maximum atomic E-state index is 12.7.